The molecule has 0 spiro atoms. The lowest BCUT2D eigenvalue weighted by Gasteiger charge is -2.08. The van der Waals surface area contributed by atoms with E-state index in [4.69, 9.17) is 30.4 Å². The second-order valence-electron chi connectivity index (χ2n) is 11.1. The van der Waals surface area contributed by atoms with Crippen LogP contribution in [-0.2, 0) is 0 Å². The summed E-state index contributed by atoms with van der Waals surface area (Å²) >= 11 is 0. The lowest BCUT2D eigenvalue weighted by atomic mass is 9.99. The van der Waals surface area contributed by atoms with Crippen LogP contribution in [0.1, 0.15) is 0 Å². The molecule has 0 bridgehead atoms. The van der Waals surface area contributed by atoms with Gasteiger partial charge in [0.15, 0.2) is 23.2 Å². The van der Waals surface area contributed by atoms with Gasteiger partial charge < -0.3 is 8.83 Å². The minimum Gasteiger partial charge on any atom is -0.456 e. The minimum absolute atomic E-state index is 0.532. The highest BCUT2D eigenvalue weighted by molar-refractivity contribution is 6.13. The van der Waals surface area contributed by atoms with Crippen molar-refractivity contribution < 1.29 is 8.83 Å². The molecule has 0 aliphatic carbocycles. The van der Waals surface area contributed by atoms with Gasteiger partial charge in [-0.05, 0) is 53.6 Å². The molecular weight excluding hydrogens is 568 g/mol. The summed E-state index contributed by atoms with van der Waals surface area (Å²) in [6.45, 7) is 7.39. The van der Waals surface area contributed by atoms with E-state index in [9.17, 15) is 0 Å². The van der Waals surface area contributed by atoms with Gasteiger partial charge in [-0.2, -0.15) is 0 Å². The first-order valence-corrected chi connectivity index (χ1v) is 14.9. The Morgan fingerprint density at radius 1 is 0.435 bits per heavy atom. The number of aromatic nitrogens is 3. The van der Waals surface area contributed by atoms with Crippen LogP contribution in [-0.4, -0.2) is 15.0 Å². The molecule has 6 nitrogen and oxygen atoms in total. The van der Waals surface area contributed by atoms with Gasteiger partial charge in [-0.1, -0.05) is 91.0 Å². The van der Waals surface area contributed by atoms with Crippen LogP contribution in [0.5, 0.6) is 0 Å². The quantitative estimate of drug-likeness (QED) is 0.191. The van der Waals surface area contributed by atoms with E-state index in [-0.39, 0.29) is 0 Å². The van der Waals surface area contributed by atoms with Gasteiger partial charge in [0.05, 0.1) is 6.57 Å². The summed E-state index contributed by atoms with van der Waals surface area (Å²) in [6.07, 6.45) is 0. The van der Waals surface area contributed by atoms with Crippen molar-refractivity contribution in [1.82, 2.24) is 15.0 Å². The van der Waals surface area contributed by atoms with Crippen molar-refractivity contribution >= 4 is 49.6 Å². The first-order valence-electron chi connectivity index (χ1n) is 14.9. The van der Waals surface area contributed by atoms with Crippen LogP contribution >= 0.6 is 0 Å². The van der Waals surface area contributed by atoms with E-state index in [2.05, 4.69) is 41.2 Å². The summed E-state index contributed by atoms with van der Waals surface area (Å²) in [5.74, 6) is 1.65. The van der Waals surface area contributed by atoms with Crippen molar-refractivity contribution in [1.29, 1.82) is 0 Å². The molecule has 3 heterocycles. The van der Waals surface area contributed by atoms with Crippen LogP contribution in [0.25, 0.3) is 94.0 Å². The zero-order valence-electron chi connectivity index (χ0n) is 24.3. The average Bonchev–Trinajstić information content (AvgIpc) is 3.69. The molecule has 0 saturated carbocycles. The van der Waals surface area contributed by atoms with Gasteiger partial charge in [0.25, 0.3) is 0 Å². The van der Waals surface area contributed by atoms with Crippen LogP contribution in [0.2, 0.25) is 0 Å². The molecule has 0 aliphatic heterocycles. The molecular formula is C40H22N4O2. The van der Waals surface area contributed by atoms with E-state index < -0.39 is 0 Å². The van der Waals surface area contributed by atoms with Crippen molar-refractivity contribution in [2.24, 2.45) is 0 Å². The highest BCUT2D eigenvalue weighted by Crippen LogP contribution is 2.39. The summed E-state index contributed by atoms with van der Waals surface area (Å²) in [6, 6.07) is 44.0. The van der Waals surface area contributed by atoms with Crippen molar-refractivity contribution in [3.8, 4) is 45.3 Å². The Labute approximate surface area is 263 Å². The van der Waals surface area contributed by atoms with Crippen LogP contribution in [0, 0.1) is 6.57 Å². The Morgan fingerprint density at radius 3 is 1.74 bits per heavy atom. The lowest BCUT2D eigenvalue weighted by Crippen LogP contribution is -2.00. The third-order valence-corrected chi connectivity index (χ3v) is 8.35. The van der Waals surface area contributed by atoms with Gasteiger partial charge in [-0.15, -0.1) is 0 Å². The number of furan rings is 2. The maximum atomic E-state index is 7.39. The Hall–Kier alpha value is -6.58. The molecule has 0 atom stereocenters. The number of benzene rings is 6. The Balaban J connectivity index is 1.21. The number of hydrogen-bond donors (Lipinski definition) is 0. The number of hydrogen-bond acceptors (Lipinski definition) is 5. The molecule has 0 saturated heterocycles. The Morgan fingerprint density at radius 2 is 1.04 bits per heavy atom. The third kappa shape index (κ3) is 4.22. The van der Waals surface area contributed by atoms with Gasteiger partial charge >= 0.3 is 0 Å². The molecule has 214 valence electrons. The van der Waals surface area contributed by atoms with Gasteiger partial charge in [-0.25, -0.2) is 19.8 Å². The minimum atomic E-state index is 0.532. The molecule has 6 aromatic carbocycles. The van der Waals surface area contributed by atoms with Crippen LogP contribution in [0.4, 0.5) is 5.69 Å². The van der Waals surface area contributed by atoms with Crippen molar-refractivity contribution in [3.63, 3.8) is 0 Å². The average molecular weight is 591 g/mol. The molecule has 0 radical (unpaired) electrons. The fourth-order valence-electron chi connectivity index (χ4n) is 6.15. The van der Waals surface area contributed by atoms with E-state index in [1.807, 2.05) is 91.0 Å². The topological polar surface area (TPSA) is 69.3 Å². The molecule has 0 fully saturated rings. The van der Waals surface area contributed by atoms with Gasteiger partial charge in [-0.3, -0.25) is 0 Å². The van der Waals surface area contributed by atoms with Crippen molar-refractivity contribution in [3.05, 3.63) is 145 Å². The summed E-state index contributed by atoms with van der Waals surface area (Å²) < 4.78 is 12.6. The lowest BCUT2D eigenvalue weighted by molar-refractivity contribution is 0.669. The summed E-state index contributed by atoms with van der Waals surface area (Å²) in [5, 5.41) is 3.96. The fraction of sp³-hybridized carbons (Fsp3) is 0. The predicted octanol–water partition coefficient (Wildman–Crippen LogP) is 10.9. The SMILES string of the molecule is [C-]#[N+]c1ccc2oc3cc(-c4nc(-c5ccccc5)nc(-c5ccc6c(c5)oc5cccc(-c7ccccc7)c56)n4)ccc3c2c1. The highest BCUT2D eigenvalue weighted by atomic mass is 16.3. The zero-order chi connectivity index (χ0) is 30.6. The van der Waals surface area contributed by atoms with E-state index in [0.29, 0.717) is 28.7 Å². The molecule has 9 rings (SSSR count). The molecule has 6 heteroatoms. The van der Waals surface area contributed by atoms with Crippen LogP contribution in [0.15, 0.2) is 142 Å². The van der Waals surface area contributed by atoms with Crippen molar-refractivity contribution in [2.45, 2.75) is 0 Å². The number of fused-ring (bicyclic) bond motifs is 6. The van der Waals surface area contributed by atoms with E-state index in [1.165, 1.54) is 0 Å². The van der Waals surface area contributed by atoms with Gasteiger partial charge in [0, 0.05) is 38.2 Å². The normalized spacial score (nSPS) is 11.5. The zero-order valence-corrected chi connectivity index (χ0v) is 24.3. The smallest absolute Gasteiger partial charge is 0.188 e. The maximum absolute atomic E-state index is 7.39. The summed E-state index contributed by atoms with van der Waals surface area (Å²) in [7, 11) is 0. The second-order valence-corrected chi connectivity index (χ2v) is 11.1. The number of nitrogens with zero attached hydrogens (tertiary/aromatic N) is 4. The summed E-state index contributed by atoms with van der Waals surface area (Å²) in [5.41, 5.74) is 8.39. The van der Waals surface area contributed by atoms with Crippen molar-refractivity contribution in [2.75, 3.05) is 0 Å². The molecule has 3 aromatic heterocycles. The molecule has 0 aliphatic rings. The maximum Gasteiger partial charge on any atom is 0.188 e. The standard InChI is InChI=1S/C40H22N4O2/c1-41-28-17-20-33-32(23-28)30-18-15-26(21-35(30)45-33)39-42-38(25-11-6-3-7-12-25)43-40(44-39)27-16-19-31-36(22-27)46-34-14-8-13-29(37(31)34)24-9-4-2-5-10-24/h2-23H. The van der Waals surface area contributed by atoms with Crippen LogP contribution < -0.4 is 0 Å². The molecule has 0 unspecified atom stereocenters. The second kappa shape index (κ2) is 10.3. The van der Waals surface area contributed by atoms with Gasteiger partial charge in [0.1, 0.15) is 22.3 Å². The third-order valence-electron chi connectivity index (χ3n) is 8.35. The first kappa shape index (κ1) is 25.9. The molecule has 0 N–H and O–H groups in total. The van der Waals surface area contributed by atoms with Crippen LogP contribution in [0.3, 0.4) is 0 Å². The molecule has 46 heavy (non-hydrogen) atoms. The number of rotatable bonds is 4. The molecule has 0 amide bonds. The fourth-order valence-corrected chi connectivity index (χ4v) is 6.15. The molecule has 9 aromatic rings. The summed E-state index contributed by atoms with van der Waals surface area (Å²) in [4.78, 5) is 18.4. The monoisotopic (exact) mass is 590 g/mol. The van der Waals surface area contributed by atoms with E-state index in [0.717, 1.165) is 66.1 Å². The Kier molecular flexibility index (Phi) is 5.77. The first-order chi connectivity index (χ1) is 22.7. The Bertz CT molecular complexity index is 2650. The van der Waals surface area contributed by atoms with Gasteiger partial charge in [0.2, 0.25) is 0 Å². The van der Waals surface area contributed by atoms with E-state index in [1.54, 1.807) is 6.07 Å². The largest absolute Gasteiger partial charge is 0.456 e. The predicted molar refractivity (Wildman–Crippen MR) is 182 cm³/mol. The van der Waals surface area contributed by atoms with E-state index >= 15 is 0 Å². The highest BCUT2D eigenvalue weighted by Gasteiger charge is 2.17.